The maximum absolute atomic E-state index is 13.0. The van der Waals surface area contributed by atoms with E-state index in [0.29, 0.717) is 13.2 Å². The fourth-order valence-electron chi connectivity index (χ4n) is 2.83. The lowest BCUT2D eigenvalue weighted by Gasteiger charge is -2.37. The van der Waals surface area contributed by atoms with E-state index >= 15 is 0 Å². The molecular weight excluding hydrogens is 253 g/mol. The Morgan fingerprint density at radius 1 is 1.10 bits per heavy atom. The number of para-hydroxylation sites is 1. The number of halogens is 1. The van der Waals surface area contributed by atoms with E-state index in [1.165, 1.54) is 17.7 Å². The topological polar surface area (TPSA) is 35.2 Å². The highest BCUT2D eigenvalue weighted by atomic mass is 19.1. The van der Waals surface area contributed by atoms with E-state index in [0.717, 1.165) is 24.2 Å². The van der Waals surface area contributed by atoms with Crippen molar-refractivity contribution in [1.82, 2.24) is 0 Å². The molecule has 0 radical (unpaired) electrons. The Bertz CT molecular complexity index is 596. The van der Waals surface area contributed by atoms with Gasteiger partial charge in [0.1, 0.15) is 11.6 Å². The fourth-order valence-corrected chi connectivity index (χ4v) is 2.83. The predicted octanol–water partition coefficient (Wildman–Crippen LogP) is 2.95. The molecule has 2 nitrogen and oxygen atoms in total. The van der Waals surface area contributed by atoms with Crippen molar-refractivity contribution >= 4 is 0 Å². The molecule has 1 unspecified atom stereocenters. The van der Waals surface area contributed by atoms with E-state index in [4.69, 9.17) is 10.5 Å². The van der Waals surface area contributed by atoms with Crippen LogP contribution in [-0.4, -0.2) is 13.2 Å². The van der Waals surface area contributed by atoms with Crippen molar-refractivity contribution in [2.45, 2.75) is 12.8 Å². The summed E-state index contributed by atoms with van der Waals surface area (Å²) in [6, 6.07) is 14.7. The average Bonchev–Trinajstić information content (AvgIpc) is 2.49. The first-order valence-corrected chi connectivity index (χ1v) is 6.86. The monoisotopic (exact) mass is 271 g/mol. The normalized spacial score (nSPS) is 21.1. The molecule has 1 aliphatic rings. The molecule has 0 aromatic heterocycles. The van der Waals surface area contributed by atoms with Crippen LogP contribution in [0.4, 0.5) is 4.39 Å². The van der Waals surface area contributed by atoms with Crippen molar-refractivity contribution in [2.24, 2.45) is 11.1 Å². The quantitative estimate of drug-likeness (QED) is 0.931. The van der Waals surface area contributed by atoms with Gasteiger partial charge in [-0.2, -0.15) is 0 Å². The summed E-state index contributed by atoms with van der Waals surface area (Å²) in [6.45, 7) is 1.16. The molecule has 2 N–H and O–H groups in total. The Morgan fingerprint density at radius 3 is 2.60 bits per heavy atom. The third-order valence-electron chi connectivity index (χ3n) is 4.00. The fraction of sp³-hybridized carbons (Fsp3) is 0.294. The van der Waals surface area contributed by atoms with Crippen LogP contribution in [0.5, 0.6) is 5.75 Å². The van der Waals surface area contributed by atoms with Crippen LogP contribution in [0.25, 0.3) is 0 Å². The summed E-state index contributed by atoms with van der Waals surface area (Å²) in [5.74, 6) is 0.747. The van der Waals surface area contributed by atoms with Crippen LogP contribution in [0.3, 0.4) is 0 Å². The van der Waals surface area contributed by atoms with Crippen molar-refractivity contribution < 1.29 is 9.13 Å². The van der Waals surface area contributed by atoms with Crippen molar-refractivity contribution in [3.8, 4) is 5.75 Å². The van der Waals surface area contributed by atoms with Crippen molar-refractivity contribution in [3.63, 3.8) is 0 Å². The standard InChI is InChI=1S/C17H18FNO/c18-15-7-5-13(6-8-15)9-17(11-19)10-14-3-1-2-4-16(14)20-12-17/h1-8H,9-12,19H2. The van der Waals surface area contributed by atoms with Gasteiger partial charge in [0.05, 0.1) is 6.61 Å². The molecule has 0 saturated carbocycles. The third kappa shape index (κ3) is 2.54. The van der Waals surface area contributed by atoms with Crippen molar-refractivity contribution in [3.05, 3.63) is 65.5 Å². The molecule has 20 heavy (non-hydrogen) atoms. The number of fused-ring (bicyclic) bond motifs is 1. The summed E-state index contributed by atoms with van der Waals surface area (Å²) in [4.78, 5) is 0. The summed E-state index contributed by atoms with van der Waals surface area (Å²) in [5.41, 5.74) is 8.21. The maximum Gasteiger partial charge on any atom is 0.123 e. The lowest BCUT2D eigenvalue weighted by atomic mass is 9.76. The second kappa shape index (κ2) is 5.25. The summed E-state index contributed by atoms with van der Waals surface area (Å²) >= 11 is 0. The third-order valence-corrected chi connectivity index (χ3v) is 4.00. The Hall–Kier alpha value is -1.87. The molecule has 104 valence electrons. The van der Waals surface area contributed by atoms with Crippen LogP contribution >= 0.6 is 0 Å². The minimum absolute atomic E-state index is 0.105. The van der Waals surface area contributed by atoms with Crippen LogP contribution in [0.15, 0.2) is 48.5 Å². The molecular formula is C17H18FNO. The molecule has 0 spiro atoms. The predicted molar refractivity (Wildman–Crippen MR) is 77.2 cm³/mol. The summed E-state index contributed by atoms with van der Waals surface area (Å²) in [7, 11) is 0. The zero-order chi connectivity index (χ0) is 14.0. The van der Waals surface area contributed by atoms with Gasteiger partial charge in [-0.3, -0.25) is 0 Å². The van der Waals surface area contributed by atoms with Gasteiger partial charge in [-0.15, -0.1) is 0 Å². The summed E-state index contributed by atoms with van der Waals surface area (Å²) in [5, 5.41) is 0. The van der Waals surface area contributed by atoms with Crippen LogP contribution in [-0.2, 0) is 12.8 Å². The van der Waals surface area contributed by atoms with Crippen LogP contribution in [0.1, 0.15) is 11.1 Å². The first kappa shape index (κ1) is 13.1. The Labute approximate surface area is 118 Å². The molecule has 0 amide bonds. The SMILES string of the molecule is NCC1(Cc2ccc(F)cc2)COc2ccccc2C1. The molecule has 1 aliphatic heterocycles. The lowest BCUT2D eigenvalue weighted by molar-refractivity contribution is 0.126. The molecule has 0 fully saturated rings. The van der Waals surface area contributed by atoms with Gasteiger partial charge in [0.15, 0.2) is 0 Å². The number of ether oxygens (including phenoxy) is 1. The van der Waals surface area contributed by atoms with E-state index < -0.39 is 0 Å². The van der Waals surface area contributed by atoms with Gasteiger partial charge in [0, 0.05) is 12.0 Å². The van der Waals surface area contributed by atoms with Gasteiger partial charge in [0.2, 0.25) is 0 Å². The smallest absolute Gasteiger partial charge is 0.123 e. The molecule has 2 aromatic rings. The molecule has 3 rings (SSSR count). The Balaban J connectivity index is 1.84. The highest BCUT2D eigenvalue weighted by molar-refractivity contribution is 5.36. The van der Waals surface area contributed by atoms with Crippen molar-refractivity contribution in [2.75, 3.05) is 13.2 Å². The zero-order valence-corrected chi connectivity index (χ0v) is 11.3. The van der Waals surface area contributed by atoms with E-state index in [9.17, 15) is 4.39 Å². The number of benzene rings is 2. The van der Waals surface area contributed by atoms with Crippen LogP contribution in [0.2, 0.25) is 0 Å². The number of hydrogen-bond donors (Lipinski definition) is 1. The van der Waals surface area contributed by atoms with Crippen molar-refractivity contribution in [1.29, 1.82) is 0 Å². The average molecular weight is 271 g/mol. The van der Waals surface area contributed by atoms with E-state index in [2.05, 4.69) is 6.07 Å². The minimum atomic E-state index is -0.208. The molecule has 0 saturated heterocycles. The summed E-state index contributed by atoms with van der Waals surface area (Å²) in [6.07, 6.45) is 1.70. The maximum atomic E-state index is 13.0. The van der Waals surface area contributed by atoms with E-state index in [-0.39, 0.29) is 11.2 Å². The number of hydrogen-bond acceptors (Lipinski definition) is 2. The Kier molecular flexibility index (Phi) is 3.45. The molecule has 0 bridgehead atoms. The van der Waals surface area contributed by atoms with Gasteiger partial charge in [-0.05, 0) is 42.2 Å². The van der Waals surface area contributed by atoms with Crippen LogP contribution < -0.4 is 10.5 Å². The first-order valence-electron chi connectivity index (χ1n) is 6.86. The van der Waals surface area contributed by atoms with Gasteiger partial charge in [-0.1, -0.05) is 30.3 Å². The molecule has 3 heteroatoms. The molecule has 2 aromatic carbocycles. The Morgan fingerprint density at radius 2 is 1.85 bits per heavy atom. The lowest BCUT2D eigenvalue weighted by Crippen LogP contribution is -2.43. The van der Waals surface area contributed by atoms with Gasteiger partial charge in [0.25, 0.3) is 0 Å². The highest BCUT2D eigenvalue weighted by Gasteiger charge is 2.34. The highest BCUT2D eigenvalue weighted by Crippen LogP contribution is 2.36. The second-order valence-corrected chi connectivity index (χ2v) is 5.58. The van der Waals surface area contributed by atoms with Crippen LogP contribution in [0, 0.1) is 11.2 Å². The van der Waals surface area contributed by atoms with Gasteiger partial charge < -0.3 is 10.5 Å². The van der Waals surface area contributed by atoms with Gasteiger partial charge >= 0.3 is 0 Å². The van der Waals surface area contributed by atoms with E-state index in [1.54, 1.807) is 0 Å². The molecule has 0 aliphatic carbocycles. The summed E-state index contributed by atoms with van der Waals surface area (Å²) < 4.78 is 18.9. The largest absolute Gasteiger partial charge is 0.493 e. The van der Waals surface area contributed by atoms with Gasteiger partial charge in [-0.25, -0.2) is 4.39 Å². The minimum Gasteiger partial charge on any atom is -0.493 e. The second-order valence-electron chi connectivity index (χ2n) is 5.58. The van der Waals surface area contributed by atoms with E-state index in [1.807, 2.05) is 30.3 Å². The molecule has 1 heterocycles. The number of nitrogens with two attached hydrogens (primary N) is 1. The number of rotatable bonds is 3. The first-order chi connectivity index (χ1) is 9.71. The zero-order valence-electron chi connectivity index (χ0n) is 11.3. The molecule has 1 atom stereocenters.